The summed E-state index contributed by atoms with van der Waals surface area (Å²) in [7, 11) is 1.62. The topological polar surface area (TPSA) is 38.3 Å². The van der Waals surface area contributed by atoms with Gasteiger partial charge in [0.15, 0.2) is 0 Å². The normalized spacial score (nSPS) is 9.73. The Morgan fingerprint density at radius 3 is 2.93 bits per heavy atom. The molecule has 3 nitrogen and oxygen atoms in total. The van der Waals surface area contributed by atoms with Gasteiger partial charge in [-0.15, -0.1) is 0 Å². The third kappa shape index (κ3) is 4.02. The van der Waals surface area contributed by atoms with Crippen LogP contribution in [0.1, 0.15) is 18.9 Å². The van der Waals surface area contributed by atoms with Crippen LogP contribution in [-0.4, -0.2) is 19.6 Å². The summed E-state index contributed by atoms with van der Waals surface area (Å²) in [5, 5.41) is 2.84. The maximum Gasteiger partial charge on any atom is 0.224 e. The minimum atomic E-state index is 0.0603. The summed E-state index contributed by atoms with van der Waals surface area (Å²) in [5.41, 5.74) is 0.975. The van der Waals surface area contributed by atoms with Crippen molar-refractivity contribution in [3.8, 4) is 5.75 Å². The van der Waals surface area contributed by atoms with E-state index < -0.39 is 0 Å². The summed E-state index contributed by atoms with van der Waals surface area (Å²) in [4.78, 5) is 11.4. The van der Waals surface area contributed by atoms with Crippen molar-refractivity contribution >= 4 is 5.91 Å². The fourth-order valence-corrected chi connectivity index (χ4v) is 1.29. The predicted molar refractivity (Wildman–Crippen MR) is 60.0 cm³/mol. The molecule has 0 fully saturated rings. The molecule has 1 aromatic rings. The van der Waals surface area contributed by atoms with Crippen molar-refractivity contribution in [2.24, 2.45) is 0 Å². The molecule has 1 rings (SSSR count). The van der Waals surface area contributed by atoms with Crippen molar-refractivity contribution in [1.29, 1.82) is 0 Å². The number of hydrogen-bond donors (Lipinski definition) is 1. The first-order valence-corrected chi connectivity index (χ1v) is 5.16. The fraction of sp³-hybridized carbons (Fsp3) is 0.417. The SMILES string of the molecule is CCCNC(=O)Cc1cccc(OC)c1. The number of amides is 1. The molecule has 0 saturated carbocycles. The Bertz CT molecular complexity index is 323. The predicted octanol–water partition coefficient (Wildman–Crippen LogP) is 1.76. The van der Waals surface area contributed by atoms with Gasteiger partial charge in [-0.25, -0.2) is 0 Å². The smallest absolute Gasteiger partial charge is 0.224 e. The zero-order chi connectivity index (χ0) is 11.1. The second kappa shape index (κ2) is 6.06. The Morgan fingerprint density at radius 2 is 2.27 bits per heavy atom. The first-order valence-electron chi connectivity index (χ1n) is 5.16. The Morgan fingerprint density at radius 1 is 1.47 bits per heavy atom. The second-order valence-corrected chi connectivity index (χ2v) is 3.38. The van der Waals surface area contributed by atoms with E-state index in [-0.39, 0.29) is 5.91 Å². The first kappa shape index (κ1) is 11.6. The summed E-state index contributed by atoms with van der Waals surface area (Å²) in [6.07, 6.45) is 1.38. The molecule has 1 N–H and O–H groups in total. The van der Waals surface area contributed by atoms with E-state index in [1.165, 1.54) is 0 Å². The highest BCUT2D eigenvalue weighted by molar-refractivity contribution is 5.78. The summed E-state index contributed by atoms with van der Waals surface area (Å²) in [6.45, 7) is 2.77. The van der Waals surface area contributed by atoms with Crippen LogP contribution in [0, 0.1) is 0 Å². The van der Waals surface area contributed by atoms with Gasteiger partial charge in [-0.1, -0.05) is 19.1 Å². The molecular weight excluding hydrogens is 190 g/mol. The highest BCUT2D eigenvalue weighted by Crippen LogP contribution is 2.12. The molecule has 0 aromatic heterocycles. The summed E-state index contributed by atoms with van der Waals surface area (Å²) in [5.74, 6) is 0.848. The molecule has 0 aliphatic rings. The van der Waals surface area contributed by atoms with Gasteiger partial charge in [0, 0.05) is 6.54 Å². The molecule has 0 saturated heterocycles. The van der Waals surface area contributed by atoms with Gasteiger partial charge >= 0.3 is 0 Å². The molecule has 0 spiro atoms. The van der Waals surface area contributed by atoms with E-state index in [0.717, 1.165) is 24.3 Å². The average molecular weight is 207 g/mol. The van der Waals surface area contributed by atoms with Crippen LogP contribution in [0.4, 0.5) is 0 Å². The largest absolute Gasteiger partial charge is 0.497 e. The first-order chi connectivity index (χ1) is 7.26. The van der Waals surface area contributed by atoms with Crippen LogP contribution in [0.25, 0.3) is 0 Å². The maximum absolute atomic E-state index is 11.4. The van der Waals surface area contributed by atoms with Gasteiger partial charge in [-0.2, -0.15) is 0 Å². The maximum atomic E-state index is 11.4. The van der Waals surface area contributed by atoms with Crippen LogP contribution in [0.2, 0.25) is 0 Å². The Hall–Kier alpha value is -1.51. The number of methoxy groups -OCH3 is 1. The van der Waals surface area contributed by atoms with Crippen LogP contribution in [0.3, 0.4) is 0 Å². The van der Waals surface area contributed by atoms with Crippen molar-refractivity contribution in [2.45, 2.75) is 19.8 Å². The van der Waals surface area contributed by atoms with Gasteiger partial charge < -0.3 is 10.1 Å². The number of rotatable bonds is 5. The summed E-state index contributed by atoms with van der Waals surface area (Å²) < 4.78 is 5.09. The lowest BCUT2D eigenvalue weighted by molar-refractivity contribution is -0.120. The van der Waals surface area contributed by atoms with E-state index in [0.29, 0.717) is 6.42 Å². The third-order valence-electron chi connectivity index (χ3n) is 2.07. The van der Waals surface area contributed by atoms with Crippen molar-refractivity contribution in [1.82, 2.24) is 5.32 Å². The molecule has 3 heteroatoms. The van der Waals surface area contributed by atoms with Crippen molar-refractivity contribution in [2.75, 3.05) is 13.7 Å². The molecule has 15 heavy (non-hydrogen) atoms. The molecule has 0 unspecified atom stereocenters. The van der Waals surface area contributed by atoms with Crippen molar-refractivity contribution in [3.63, 3.8) is 0 Å². The molecular formula is C12H17NO2. The molecule has 0 heterocycles. The second-order valence-electron chi connectivity index (χ2n) is 3.38. The standard InChI is InChI=1S/C12H17NO2/c1-3-7-13-12(14)9-10-5-4-6-11(8-10)15-2/h4-6,8H,3,7,9H2,1-2H3,(H,13,14). The van der Waals surface area contributed by atoms with Gasteiger partial charge in [0.2, 0.25) is 5.91 Å². The highest BCUT2D eigenvalue weighted by Gasteiger charge is 2.02. The third-order valence-corrected chi connectivity index (χ3v) is 2.07. The van der Waals surface area contributed by atoms with Gasteiger partial charge in [0.1, 0.15) is 5.75 Å². The van der Waals surface area contributed by atoms with Crippen LogP contribution >= 0.6 is 0 Å². The average Bonchev–Trinajstić information content (AvgIpc) is 2.26. The van der Waals surface area contributed by atoms with Gasteiger partial charge in [0.05, 0.1) is 13.5 Å². The van der Waals surface area contributed by atoms with Crippen LogP contribution in [-0.2, 0) is 11.2 Å². The molecule has 0 radical (unpaired) electrons. The molecule has 82 valence electrons. The molecule has 0 atom stereocenters. The highest BCUT2D eigenvalue weighted by atomic mass is 16.5. The lowest BCUT2D eigenvalue weighted by Gasteiger charge is -2.05. The minimum absolute atomic E-state index is 0.0603. The lowest BCUT2D eigenvalue weighted by atomic mass is 10.1. The molecule has 0 bridgehead atoms. The Labute approximate surface area is 90.4 Å². The number of hydrogen-bond acceptors (Lipinski definition) is 2. The fourth-order valence-electron chi connectivity index (χ4n) is 1.29. The minimum Gasteiger partial charge on any atom is -0.497 e. The van der Waals surface area contributed by atoms with Gasteiger partial charge in [0.25, 0.3) is 0 Å². The van der Waals surface area contributed by atoms with E-state index in [4.69, 9.17) is 4.74 Å². The van der Waals surface area contributed by atoms with Crippen LogP contribution < -0.4 is 10.1 Å². The molecule has 1 amide bonds. The van der Waals surface area contributed by atoms with Crippen LogP contribution in [0.5, 0.6) is 5.75 Å². The Kier molecular flexibility index (Phi) is 4.68. The molecule has 0 aliphatic heterocycles. The number of carbonyl (C=O) groups is 1. The number of nitrogens with one attached hydrogen (secondary N) is 1. The van der Waals surface area contributed by atoms with E-state index in [9.17, 15) is 4.79 Å². The van der Waals surface area contributed by atoms with E-state index in [1.807, 2.05) is 31.2 Å². The van der Waals surface area contributed by atoms with Gasteiger partial charge in [-0.05, 0) is 24.1 Å². The number of carbonyl (C=O) groups excluding carboxylic acids is 1. The lowest BCUT2D eigenvalue weighted by Crippen LogP contribution is -2.25. The van der Waals surface area contributed by atoms with Crippen molar-refractivity contribution in [3.05, 3.63) is 29.8 Å². The van der Waals surface area contributed by atoms with Gasteiger partial charge in [-0.3, -0.25) is 4.79 Å². The number of ether oxygens (including phenoxy) is 1. The van der Waals surface area contributed by atoms with E-state index >= 15 is 0 Å². The van der Waals surface area contributed by atoms with Crippen molar-refractivity contribution < 1.29 is 9.53 Å². The number of benzene rings is 1. The molecule has 0 aliphatic carbocycles. The Balaban J connectivity index is 2.52. The zero-order valence-corrected chi connectivity index (χ0v) is 9.25. The van der Waals surface area contributed by atoms with E-state index in [1.54, 1.807) is 7.11 Å². The monoisotopic (exact) mass is 207 g/mol. The molecule has 1 aromatic carbocycles. The quantitative estimate of drug-likeness (QED) is 0.799. The summed E-state index contributed by atoms with van der Waals surface area (Å²) >= 11 is 0. The van der Waals surface area contributed by atoms with E-state index in [2.05, 4.69) is 5.32 Å². The summed E-state index contributed by atoms with van der Waals surface area (Å²) in [6, 6.07) is 7.56. The zero-order valence-electron chi connectivity index (χ0n) is 9.25. The van der Waals surface area contributed by atoms with Crippen LogP contribution in [0.15, 0.2) is 24.3 Å².